The number of nitrogens with one attached hydrogen (secondary N) is 1. The molecule has 0 saturated carbocycles. The van der Waals surface area contributed by atoms with E-state index < -0.39 is 9.84 Å². The van der Waals surface area contributed by atoms with Crippen LogP contribution >= 0.6 is 11.3 Å². The Bertz CT molecular complexity index is 696. The summed E-state index contributed by atoms with van der Waals surface area (Å²) in [6.45, 7) is 2.46. The third-order valence-corrected chi connectivity index (χ3v) is 5.21. The van der Waals surface area contributed by atoms with Crippen molar-refractivity contribution in [1.82, 2.24) is 20.1 Å². The molecule has 3 heterocycles. The number of aromatic nitrogens is 3. The Morgan fingerprint density at radius 2 is 2.43 bits per heavy atom. The molecule has 7 nitrogen and oxygen atoms in total. The van der Waals surface area contributed by atoms with Gasteiger partial charge in [-0.05, 0) is 0 Å². The lowest BCUT2D eigenvalue weighted by Crippen LogP contribution is -2.39. The Labute approximate surface area is 126 Å². The van der Waals surface area contributed by atoms with E-state index in [4.69, 9.17) is 4.74 Å². The second-order valence-corrected chi connectivity index (χ2v) is 7.66. The van der Waals surface area contributed by atoms with Crippen molar-refractivity contribution in [2.45, 2.75) is 17.5 Å². The third kappa shape index (κ3) is 3.15. The van der Waals surface area contributed by atoms with Gasteiger partial charge in [0.2, 0.25) is 0 Å². The molecule has 2 aromatic heterocycles. The van der Waals surface area contributed by atoms with E-state index in [0.29, 0.717) is 25.5 Å². The number of rotatable bonds is 4. The largest absolute Gasteiger partial charge is 0.378 e. The minimum Gasteiger partial charge on any atom is -0.378 e. The van der Waals surface area contributed by atoms with Crippen molar-refractivity contribution in [3.8, 4) is 0 Å². The molecule has 1 saturated heterocycles. The van der Waals surface area contributed by atoms with Gasteiger partial charge in [-0.2, -0.15) is 5.10 Å². The van der Waals surface area contributed by atoms with E-state index in [0.717, 1.165) is 12.2 Å². The normalized spacial score (nSPS) is 20.7. The van der Waals surface area contributed by atoms with Gasteiger partial charge in [-0.15, -0.1) is 11.3 Å². The van der Waals surface area contributed by atoms with Crippen molar-refractivity contribution >= 4 is 21.2 Å². The standard InChI is InChI=1S/C12H16N4O3S2/c1-21(17,18)11-4-14-15-12(11)10-6-19-3-2-16(10)5-9-7-20-8-13-9/h4,7-8,10H,2-3,5-6H2,1H3,(H,14,15)/t10-/m1/s1. The fourth-order valence-corrected chi connectivity index (χ4v) is 3.81. The van der Waals surface area contributed by atoms with Crippen molar-refractivity contribution in [2.75, 3.05) is 26.0 Å². The number of sulfone groups is 1. The van der Waals surface area contributed by atoms with Gasteiger partial charge in [0.15, 0.2) is 9.84 Å². The molecule has 9 heteroatoms. The van der Waals surface area contributed by atoms with E-state index in [1.807, 2.05) is 5.38 Å². The summed E-state index contributed by atoms with van der Waals surface area (Å²) >= 11 is 1.55. The third-order valence-electron chi connectivity index (χ3n) is 3.45. The fourth-order valence-electron chi connectivity index (χ4n) is 2.44. The minimum atomic E-state index is -3.31. The van der Waals surface area contributed by atoms with Gasteiger partial charge in [-0.1, -0.05) is 0 Å². The van der Waals surface area contributed by atoms with Crippen LogP contribution in [0.1, 0.15) is 17.4 Å². The molecule has 1 fully saturated rings. The van der Waals surface area contributed by atoms with E-state index >= 15 is 0 Å². The summed E-state index contributed by atoms with van der Waals surface area (Å²) in [6.07, 6.45) is 2.55. The van der Waals surface area contributed by atoms with Gasteiger partial charge in [0.25, 0.3) is 0 Å². The Balaban J connectivity index is 1.89. The molecule has 0 radical (unpaired) electrons. The van der Waals surface area contributed by atoms with Crippen molar-refractivity contribution < 1.29 is 13.2 Å². The van der Waals surface area contributed by atoms with Crippen LogP contribution in [-0.2, 0) is 21.1 Å². The van der Waals surface area contributed by atoms with Crippen LogP contribution in [-0.4, -0.2) is 54.5 Å². The molecule has 0 spiro atoms. The summed E-state index contributed by atoms with van der Waals surface area (Å²) in [7, 11) is -3.31. The van der Waals surface area contributed by atoms with Gasteiger partial charge >= 0.3 is 0 Å². The molecule has 2 aromatic rings. The maximum Gasteiger partial charge on any atom is 0.178 e. The first kappa shape index (κ1) is 14.6. The summed E-state index contributed by atoms with van der Waals surface area (Å²) in [5.41, 5.74) is 3.36. The van der Waals surface area contributed by atoms with Crippen molar-refractivity contribution in [3.63, 3.8) is 0 Å². The van der Waals surface area contributed by atoms with Crippen LogP contribution in [0.25, 0.3) is 0 Å². The van der Waals surface area contributed by atoms with Gasteiger partial charge in [0.05, 0.1) is 42.4 Å². The lowest BCUT2D eigenvalue weighted by molar-refractivity contribution is -0.0157. The molecular weight excluding hydrogens is 312 g/mol. The van der Waals surface area contributed by atoms with Gasteiger partial charge in [0, 0.05) is 24.7 Å². The Morgan fingerprint density at radius 1 is 1.57 bits per heavy atom. The molecule has 21 heavy (non-hydrogen) atoms. The molecule has 114 valence electrons. The quantitative estimate of drug-likeness (QED) is 0.895. The number of aromatic amines is 1. The van der Waals surface area contributed by atoms with E-state index in [-0.39, 0.29) is 10.9 Å². The number of H-pyrrole nitrogens is 1. The second kappa shape index (κ2) is 5.84. The van der Waals surface area contributed by atoms with E-state index in [9.17, 15) is 8.42 Å². The van der Waals surface area contributed by atoms with Gasteiger partial charge in [-0.3, -0.25) is 10.00 Å². The maximum absolute atomic E-state index is 11.9. The van der Waals surface area contributed by atoms with Crippen LogP contribution in [0.3, 0.4) is 0 Å². The average molecular weight is 328 g/mol. The van der Waals surface area contributed by atoms with Crippen LogP contribution < -0.4 is 0 Å². The minimum absolute atomic E-state index is 0.160. The van der Waals surface area contributed by atoms with Gasteiger partial charge in [0.1, 0.15) is 4.90 Å². The summed E-state index contributed by atoms with van der Waals surface area (Å²) in [4.78, 5) is 6.69. The molecular formula is C12H16N4O3S2. The monoisotopic (exact) mass is 328 g/mol. The molecule has 0 amide bonds. The highest BCUT2D eigenvalue weighted by atomic mass is 32.2. The highest BCUT2D eigenvalue weighted by molar-refractivity contribution is 7.90. The Morgan fingerprint density at radius 3 is 3.14 bits per heavy atom. The maximum atomic E-state index is 11.9. The predicted molar refractivity (Wildman–Crippen MR) is 77.8 cm³/mol. The zero-order valence-electron chi connectivity index (χ0n) is 11.5. The molecule has 3 rings (SSSR count). The fraction of sp³-hybridized carbons (Fsp3) is 0.500. The number of hydrogen-bond donors (Lipinski definition) is 1. The van der Waals surface area contributed by atoms with Crippen LogP contribution in [0.15, 0.2) is 22.0 Å². The number of morpholine rings is 1. The molecule has 1 N–H and O–H groups in total. The zero-order valence-corrected chi connectivity index (χ0v) is 13.2. The Kier molecular flexibility index (Phi) is 4.07. The molecule has 0 unspecified atom stereocenters. The van der Waals surface area contributed by atoms with Crippen LogP contribution in [0.2, 0.25) is 0 Å². The summed E-state index contributed by atoms with van der Waals surface area (Å²) in [5.74, 6) is 0. The first-order valence-electron chi connectivity index (χ1n) is 6.48. The van der Waals surface area contributed by atoms with Gasteiger partial charge < -0.3 is 4.74 Å². The lowest BCUT2D eigenvalue weighted by atomic mass is 10.1. The SMILES string of the molecule is CS(=O)(=O)c1cn[nH]c1[C@H]1COCCN1Cc1cscn1. The highest BCUT2D eigenvalue weighted by Crippen LogP contribution is 2.28. The second-order valence-electron chi connectivity index (χ2n) is 4.96. The number of nitrogens with zero attached hydrogens (tertiary/aromatic N) is 3. The van der Waals surface area contributed by atoms with Crippen molar-refractivity contribution in [1.29, 1.82) is 0 Å². The molecule has 0 aromatic carbocycles. The van der Waals surface area contributed by atoms with Crippen LogP contribution in [0.5, 0.6) is 0 Å². The number of hydrogen-bond acceptors (Lipinski definition) is 7. The van der Waals surface area contributed by atoms with E-state index in [2.05, 4.69) is 20.1 Å². The van der Waals surface area contributed by atoms with Crippen LogP contribution in [0.4, 0.5) is 0 Å². The van der Waals surface area contributed by atoms with E-state index in [1.165, 1.54) is 12.5 Å². The molecule has 1 aliphatic heterocycles. The molecule has 1 atom stereocenters. The topological polar surface area (TPSA) is 88.2 Å². The zero-order chi connectivity index (χ0) is 14.9. The lowest BCUT2D eigenvalue weighted by Gasteiger charge is -2.34. The van der Waals surface area contributed by atoms with Crippen molar-refractivity contribution in [3.05, 3.63) is 28.5 Å². The number of ether oxygens (including phenoxy) is 1. The highest BCUT2D eigenvalue weighted by Gasteiger charge is 2.30. The molecule has 0 bridgehead atoms. The van der Waals surface area contributed by atoms with Crippen molar-refractivity contribution in [2.24, 2.45) is 0 Å². The summed E-state index contributed by atoms with van der Waals surface area (Å²) < 4.78 is 29.2. The summed E-state index contributed by atoms with van der Waals surface area (Å²) in [6, 6.07) is -0.160. The molecule has 1 aliphatic rings. The summed E-state index contributed by atoms with van der Waals surface area (Å²) in [5, 5.41) is 8.72. The smallest absolute Gasteiger partial charge is 0.178 e. The Hall–Kier alpha value is -1.29. The first-order valence-corrected chi connectivity index (χ1v) is 9.31. The predicted octanol–water partition coefficient (Wildman–Crippen LogP) is 0.843. The average Bonchev–Trinajstić information content (AvgIpc) is 3.08. The molecule has 0 aliphatic carbocycles. The van der Waals surface area contributed by atoms with Gasteiger partial charge in [-0.25, -0.2) is 13.4 Å². The van der Waals surface area contributed by atoms with Crippen LogP contribution in [0, 0.1) is 0 Å². The van der Waals surface area contributed by atoms with E-state index in [1.54, 1.807) is 16.8 Å². The number of thiazole rings is 1. The first-order chi connectivity index (χ1) is 10.1.